The molecule has 0 atom stereocenters. The Balaban J connectivity index is 2.85. The Hall–Kier alpha value is -1.17. The molecule has 0 spiro atoms. The van der Waals surface area contributed by atoms with E-state index in [2.05, 4.69) is 12.6 Å². The number of ether oxygens (including phenoxy) is 1. The number of hydrogen-bond donors (Lipinski definition) is 1. The Morgan fingerprint density at radius 1 is 1.50 bits per heavy atom. The largest absolute Gasteiger partial charge is 0.487 e. The first-order valence-corrected chi connectivity index (χ1v) is 6.27. The fraction of sp³-hybridized carbons (Fsp3) is 0.500. The zero-order chi connectivity index (χ0) is 13.8. The number of rotatable bonds is 6. The van der Waals surface area contributed by atoms with Crippen molar-refractivity contribution in [2.75, 3.05) is 6.61 Å². The van der Waals surface area contributed by atoms with E-state index < -0.39 is 4.92 Å². The molecule has 6 heteroatoms. The Kier molecular flexibility index (Phi) is 5.08. The molecule has 0 aliphatic heterocycles. The average Bonchev–Trinajstić information content (AvgIpc) is 2.26. The molecule has 0 amide bonds. The molecule has 0 unspecified atom stereocenters. The second-order valence-corrected chi connectivity index (χ2v) is 5.08. The van der Waals surface area contributed by atoms with E-state index in [-0.39, 0.29) is 16.8 Å². The predicted octanol–water partition coefficient (Wildman–Crippen LogP) is 3.16. The van der Waals surface area contributed by atoms with E-state index in [1.165, 1.54) is 0 Å². The van der Waals surface area contributed by atoms with Gasteiger partial charge in [-0.1, -0.05) is 31.3 Å². The van der Waals surface area contributed by atoms with Gasteiger partial charge in [0, 0.05) is 11.3 Å². The van der Waals surface area contributed by atoms with Gasteiger partial charge in [0.15, 0.2) is 5.75 Å². The molecule has 0 fully saturated rings. The van der Waals surface area contributed by atoms with Crippen LogP contribution < -0.4 is 4.74 Å². The monoisotopic (exact) mass is 265 g/mol. The second-order valence-electron chi connectivity index (χ2n) is 4.77. The average molecular weight is 265 g/mol. The van der Waals surface area contributed by atoms with Gasteiger partial charge in [-0.05, 0) is 12.5 Å². The molecule has 0 N–H and O–H groups in total. The van der Waals surface area contributed by atoms with Crippen LogP contribution in [-0.4, -0.2) is 19.4 Å². The highest BCUT2D eigenvalue weighted by Gasteiger charge is 2.20. The Morgan fingerprint density at radius 2 is 2.17 bits per heavy atom. The number of thiol groups is 1. The van der Waals surface area contributed by atoms with Crippen molar-refractivity contribution in [2.45, 2.75) is 31.3 Å². The van der Waals surface area contributed by atoms with E-state index in [0.717, 1.165) is 0 Å². The zero-order valence-electron chi connectivity index (χ0n) is 10.5. The third-order valence-electron chi connectivity index (χ3n) is 2.44. The van der Waals surface area contributed by atoms with Crippen molar-refractivity contribution >= 4 is 26.2 Å². The van der Waals surface area contributed by atoms with Gasteiger partial charge in [-0.3, -0.25) is 10.1 Å². The van der Waals surface area contributed by atoms with E-state index in [0.29, 0.717) is 24.3 Å². The lowest BCUT2D eigenvalue weighted by atomic mass is 9.70. The fourth-order valence-electron chi connectivity index (χ4n) is 1.44. The molecule has 0 saturated heterocycles. The summed E-state index contributed by atoms with van der Waals surface area (Å²) in [6.45, 7) is 4.12. The van der Waals surface area contributed by atoms with Crippen molar-refractivity contribution in [2.24, 2.45) is 0 Å². The van der Waals surface area contributed by atoms with Gasteiger partial charge in [0.25, 0.3) is 0 Å². The summed E-state index contributed by atoms with van der Waals surface area (Å²) >= 11 is 4.08. The summed E-state index contributed by atoms with van der Waals surface area (Å²) in [4.78, 5) is 10.6. The van der Waals surface area contributed by atoms with Crippen LogP contribution in [0, 0.1) is 10.1 Å². The maximum absolute atomic E-state index is 11.0. The van der Waals surface area contributed by atoms with Crippen LogP contribution in [0.3, 0.4) is 0 Å². The van der Waals surface area contributed by atoms with Crippen molar-refractivity contribution in [1.82, 2.24) is 0 Å². The van der Waals surface area contributed by atoms with E-state index in [1.807, 2.05) is 13.8 Å². The third kappa shape index (κ3) is 4.25. The number of nitro groups is 1. The molecule has 0 aliphatic carbocycles. The van der Waals surface area contributed by atoms with Gasteiger partial charge >= 0.3 is 5.69 Å². The van der Waals surface area contributed by atoms with Crippen LogP contribution in [0.15, 0.2) is 18.2 Å². The first-order chi connectivity index (χ1) is 8.35. The minimum absolute atomic E-state index is 0.0117. The highest BCUT2D eigenvalue weighted by atomic mass is 32.1. The van der Waals surface area contributed by atoms with E-state index >= 15 is 0 Å². The Labute approximate surface area is 114 Å². The van der Waals surface area contributed by atoms with Crippen LogP contribution in [0.1, 0.15) is 25.8 Å². The first kappa shape index (κ1) is 14.9. The normalized spacial score (nSPS) is 11.3. The van der Waals surface area contributed by atoms with Gasteiger partial charge in [-0.2, -0.15) is 12.6 Å². The van der Waals surface area contributed by atoms with Gasteiger partial charge in [0.2, 0.25) is 0 Å². The summed E-state index contributed by atoms with van der Waals surface area (Å²) in [7, 11) is 5.83. The quantitative estimate of drug-likeness (QED) is 0.372. The van der Waals surface area contributed by atoms with Crippen LogP contribution >= 0.6 is 12.6 Å². The van der Waals surface area contributed by atoms with Crippen LogP contribution in [-0.2, 0) is 5.75 Å². The van der Waals surface area contributed by atoms with Crippen LogP contribution in [0.5, 0.6) is 5.75 Å². The van der Waals surface area contributed by atoms with Crippen LogP contribution in [0.4, 0.5) is 5.69 Å². The van der Waals surface area contributed by atoms with Crippen molar-refractivity contribution in [1.29, 1.82) is 0 Å². The maximum atomic E-state index is 11.0. The minimum Gasteiger partial charge on any atom is -0.487 e. The number of nitro benzene ring substituents is 1. The van der Waals surface area contributed by atoms with Crippen molar-refractivity contribution in [3.8, 4) is 5.75 Å². The van der Waals surface area contributed by atoms with Crippen molar-refractivity contribution in [3.63, 3.8) is 0 Å². The van der Waals surface area contributed by atoms with Crippen LogP contribution in [0.25, 0.3) is 0 Å². The molecule has 18 heavy (non-hydrogen) atoms. The number of benzene rings is 1. The lowest BCUT2D eigenvalue weighted by Crippen LogP contribution is -2.10. The highest BCUT2D eigenvalue weighted by molar-refractivity contribution is 7.79. The van der Waals surface area contributed by atoms with Crippen LogP contribution in [0.2, 0.25) is 5.31 Å². The molecule has 0 heterocycles. The van der Waals surface area contributed by atoms with Crippen molar-refractivity contribution < 1.29 is 9.66 Å². The Morgan fingerprint density at radius 3 is 2.67 bits per heavy atom. The SMILES string of the molecule is [B]C(C)(C)CCOc1cccc(CS)c1[N+](=O)[O-]. The molecule has 0 saturated carbocycles. The standard InChI is InChI=1S/C12H16BNO3S/c1-12(2,13)6-7-17-10-5-3-4-9(8-18)11(10)14(15)16/h3-5,18H,6-8H2,1-2H3. The third-order valence-corrected chi connectivity index (χ3v) is 2.78. The molecule has 1 aromatic rings. The summed E-state index contributed by atoms with van der Waals surface area (Å²) in [6.07, 6.45) is 0.620. The molecule has 4 nitrogen and oxygen atoms in total. The van der Waals surface area contributed by atoms with E-state index in [9.17, 15) is 10.1 Å². The highest BCUT2D eigenvalue weighted by Crippen LogP contribution is 2.32. The number of para-hydroxylation sites is 1. The van der Waals surface area contributed by atoms with E-state index in [1.54, 1.807) is 18.2 Å². The summed E-state index contributed by atoms with van der Waals surface area (Å²) in [5.41, 5.74) is 0.537. The molecule has 0 bridgehead atoms. The fourth-order valence-corrected chi connectivity index (χ4v) is 1.70. The topological polar surface area (TPSA) is 52.4 Å². The number of nitrogens with zero attached hydrogens (tertiary/aromatic N) is 1. The molecule has 2 radical (unpaired) electrons. The number of hydrogen-bond acceptors (Lipinski definition) is 4. The lowest BCUT2D eigenvalue weighted by Gasteiger charge is -2.18. The molecule has 1 rings (SSSR count). The maximum Gasteiger partial charge on any atom is 0.314 e. The molecule has 1 aromatic carbocycles. The summed E-state index contributed by atoms with van der Waals surface area (Å²) < 4.78 is 5.46. The Bertz CT molecular complexity index is 432. The summed E-state index contributed by atoms with van der Waals surface area (Å²) in [5, 5.41) is 10.7. The lowest BCUT2D eigenvalue weighted by molar-refractivity contribution is -0.386. The van der Waals surface area contributed by atoms with E-state index in [4.69, 9.17) is 12.6 Å². The smallest absolute Gasteiger partial charge is 0.314 e. The van der Waals surface area contributed by atoms with Crippen molar-refractivity contribution in [3.05, 3.63) is 33.9 Å². The van der Waals surface area contributed by atoms with Gasteiger partial charge in [-0.15, -0.1) is 0 Å². The van der Waals surface area contributed by atoms with Gasteiger partial charge in [0.05, 0.1) is 19.4 Å². The van der Waals surface area contributed by atoms with Gasteiger partial charge in [-0.25, -0.2) is 0 Å². The first-order valence-electron chi connectivity index (χ1n) is 5.64. The minimum atomic E-state index is -0.436. The summed E-state index contributed by atoms with van der Waals surface area (Å²) in [5.74, 6) is 0.575. The second kappa shape index (κ2) is 6.13. The molecule has 0 aromatic heterocycles. The zero-order valence-corrected chi connectivity index (χ0v) is 11.4. The van der Waals surface area contributed by atoms with Gasteiger partial charge < -0.3 is 4.74 Å². The van der Waals surface area contributed by atoms with Gasteiger partial charge in [0.1, 0.15) is 0 Å². The molecular weight excluding hydrogens is 249 g/mol. The summed E-state index contributed by atoms with van der Waals surface area (Å²) in [6, 6.07) is 4.99. The predicted molar refractivity (Wildman–Crippen MR) is 75.7 cm³/mol. The molecule has 96 valence electrons. The molecular formula is C12H16BNO3S. The molecule has 0 aliphatic rings.